The number of anilines is 2. The van der Waals surface area contributed by atoms with Gasteiger partial charge in [0.1, 0.15) is 23.9 Å². The molecule has 0 saturated carbocycles. The van der Waals surface area contributed by atoms with E-state index in [0.717, 1.165) is 5.56 Å². The summed E-state index contributed by atoms with van der Waals surface area (Å²) in [6.07, 6.45) is 0.663. The molecule has 3 amide bonds. The molecule has 0 aliphatic carbocycles. The van der Waals surface area contributed by atoms with Crippen LogP contribution in [0.25, 0.3) is 16.9 Å². The number of halogens is 1. The van der Waals surface area contributed by atoms with Crippen LogP contribution in [0.4, 0.5) is 16.3 Å². The fourth-order valence-electron chi connectivity index (χ4n) is 4.00. The van der Waals surface area contributed by atoms with E-state index in [-0.39, 0.29) is 12.5 Å². The summed E-state index contributed by atoms with van der Waals surface area (Å²) in [6, 6.07) is 23.3. The highest BCUT2D eigenvalue weighted by molar-refractivity contribution is 6.32. The Hall–Kier alpha value is -4.50. The fourth-order valence-corrected chi connectivity index (χ4v) is 4.22. The Morgan fingerprint density at radius 2 is 1.69 bits per heavy atom. The van der Waals surface area contributed by atoms with Crippen LogP contribution in [-0.4, -0.2) is 53.9 Å². The number of hydrogen-bond donors (Lipinski definition) is 2. The molecule has 0 saturated heterocycles. The van der Waals surface area contributed by atoms with Crippen LogP contribution in [0.15, 0.2) is 78.9 Å². The van der Waals surface area contributed by atoms with E-state index in [1.165, 1.54) is 12.0 Å². The van der Waals surface area contributed by atoms with Gasteiger partial charge in [0.25, 0.3) is 0 Å². The minimum absolute atomic E-state index is 0.174. The minimum atomic E-state index is -0.431. The molecule has 0 radical (unpaired) electrons. The van der Waals surface area contributed by atoms with Gasteiger partial charge < -0.3 is 25.0 Å². The number of ether oxygens (including phenoxy) is 2. The third kappa shape index (κ3) is 6.69. The number of amides is 3. The normalized spacial score (nSPS) is 10.6. The number of aromatic nitrogens is 2. The van der Waals surface area contributed by atoms with Crippen molar-refractivity contribution in [2.45, 2.75) is 13.3 Å². The van der Waals surface area contributed by atoms with E-state index in [9.17, 15) is 9.59 Å². The molecule has 39 heavy (non-hydrogen) atoms. The zero-order chi connectivity index (χ0) is 27.8. The first-order valence-corrected chi connectivity index (χ1v) is 12.8. The minimum Gasteiger partial charge on any atom is -0.497 e. The number of methoxy groups -OCH3 is 2. The first-order chi connectivity index (χ1) is 18.9. The summed E-state index contributed by atoms with van der Waals surface area (Å²) in [5, 5.41) is 10.9. The molecule has 0 spiro atoms. The number of benzene rings is 3. The number of carbonyl (C=O) groups is 2. The maximum Gasteiger partial charge on any atom is 0.322 e. The molecule has 1 aromatic heterocycles. The van der Waals surface area contributed by atoms with Crippen LogP contribution in [0.5, 0.6) is 11.5 Å². The van der Waals surface area contributed by atoms with Crippen molar-refractivity contribution in [3.8, 4) is 28.4 Å². The van der Waals surface area contributed by atoms with E-state index in [4.69, 9.17) is 26.2 Å². The Bertz CT molecular complexity index is 1440. The maximum atomic E-state index is 13.2. The highest BCUT2D eigenvalue weighted by atomic mass is 35.5. The van der Waals surface area contributed by atoms with Crippen molar-refractivity contribution in [2.75, 3.05) is 37.9 Å². The lowest BCUT2D eigenvalue weighted by atomic mass is 10.1. The van der Waals surface area contributed by atoms with Crippen molar-refractivity contribution < 1.29 is 19.1 Å². The monoisotopic (exact) mass is 547 g/mol. The van der Waals surface area contributed by atoms with Gasteiger partial charge in [0.05, 0.1) is 36.3 Å². The third-order valence-corrected chi connectivity index (χ3v) is 6.21. The second kappa shape index (κ2) is 12.8. The van der Waals surface area contributed by atoms with Crippen molar-refractivity contribution >= 4 is 35.0 Å². The molecule has 0 aliphatic heterocycles. The van der Waals surface area contributed by atoms with Crippen LogP contribution < -0.4 is 20.1 Å². The maximum absolute atomic E-state index is 13.2. The topological polar surface area (TPSA) is 97.7 Å². The highest BCUT2D eigenvalue weighted by Crippen LogP contribution is 2.30. The van der Waals surface area contributed by atoms with Crippen LogP contribution in [0.3, 0.4) is 0 Å². The fraction of sp³-hybridized carbons (Fsp3) is 0.207. The number of para-hydroxylation sites is 1. The summed E-state index contributed by atoms with van der Waals surface area (Å²) in [6.45, 7) is 2.13. The Kier molecular flexibility index (Phi) is 9.06. The molecule has 3 aromatic carbocycles. The van der Waals surface area contributed by atoms with E-state index < -0.39 is 6.03 Å². The average molecular weight is 548 g/mol. The Labute approximate surface area is 232 Å². The number of urea groups is 1. The van der Waals surface area contributed by atoms with Crippen molar-refractivity contribution in [1.29, 1.82) is 0 Å². The zero-order valence-electron chi connectivity index (χ0n) is 22.0. The molecule has 10 heteroatoms. The Balaban J connectivity index is 1.55. The van der Waals surface area contributed by atoms with E-state index in [0.29, 0.717) is 52.4 Å². The van der Waals surface area contributed by atoms with Crippen LogP contribution >= 0.6 is 11.6 Å². The van der Waals surface area contributed by atoms with Crippen LogP contribution in [0, 0.1) is 0 Å². The van der Waals surface area contributed by atoms with Gasteiger partial charge >= 0.3 is 6.03 Å². The average Bonchev–Trinajstić information content (AvgIpc) is 3.36. The molecular formula is C29H30ClN5O4. The summed E-state index contributed by atoms with van der Waals surface area (Å²) in [5.74, 6) is 1.09. The van der Waals surface area contributed by atoms with E-state index in [2.05, 4.69) is 10.6 Å². The van der Waals surface area contributed by atoms with Crippen LogP contribution in [-0.2, 0) is 4.79 Å². The standard InChI is InChI=1S/C29H30ClN5O4/c1-4-16-34(29(37)31-23-15-14-21(38-2)17-26(23)39-3)19-28(36)32-27-18-24(20-10-6-5-7-11-20)33-35(27)25-13-9-8-12-22(25)30/h5-15,17-18H,4,16,19H2,1-3H3,(H,31,37)(H,32,36). The molecule has 0 aliphatic rings. The van der Waals surface area contributed by atoms with Gasteiger partial charge in [0.15, 0.2) is 0 Å². The molecular weight excluding hydrogens is 518 g/mol. The number of nitrogens with zero attached hydrogens (tertiary/aromatic N) is 3. The number of hydrogen-bond acceptors (Lipinski definition) is 5. The molecule has 0 fully saturated rings. The Morgan fingerprint density at radius 3 is 2.38 bits per heavy atom. The molecule has 4 rings (SSSR count). The molecule has 0 bridgehead atoms. The first kappa shape index (κ1) is 27.5. The van der Waals surface area contributed by atoms with Gasteiger partial charge in [0.2, 0.25) is 5.91 Å². The van der Waals surface area contributed by atoms with E-state index in [1.807, 2.05) is 55.5 Å². The molecule has 2 N–H and O–H groups in total. The molecule has 0 unspecified atom stereocenters. The van der Waals surface area contributed by atoms with E-state index in [1.54, 1.807) is 42.1 Å². The van der Waals surface area contributed by atoms with Crippen LogP contribution in [0.2, 0.25) is 5.02 Å². The molecule has 9 nitrogen and oxygen atoms in total. The van der Waals surface area contributed by atoms with Crippen molar-refractivity contribution in [3.63, 3.8) is 0 Å². The van der Waals surface area contributed by atoms with Crippen LogP contribution in [0.1, 0.15) is 13.3 Å². The number of carbonyl (C=O) groups excluding carboxylic acids is 2. The third-order valence-electron chi connectivity index (χ3n) is 5.89. The second-order valence-electron chi connectivity index (χ2n) is 8.61. The molecule has 202 valence electrons. The lowest BCUT2D eigenvalue weighted by molar-refractivity contribution is -0.116. The van der Waals surface area contributed by atoms with Gasteiger partial charge in [-0.2, -0.15) is 5.10 Å². The van der Waals surface area contributed by atoms with Gasteiger partial charge in [-0.25, -0.2) is 9.48 Å². The smallest absolute Gasteiger partial charge is 0.322 e. The first-order valence-electron chi connectivity index (χ1n) is 12.4. The van der Waals surface area contributed by atoms with Crippen molar-refractivity contribution in [1.82, 2.24) is 14.7 Å². The molecule has 1 heterocycles. The highest BCUT2D eigenvalue weighted by Gasteiger charge is 2.21. The zero-order valence-corrected chi connectivity index (χ0v) is 22.7. The number of rotatable bonds is 10. The SMILES string of the molecule is CCCN(CC(=O)Nc1cc(-c2ccccc2)nn1-c1ccccc1Cl)C(=O)Nc1ccc(OC)cc1OC. The lowest BCUT2D eigenvalue weighted by Crippen LogP contribution is -2.41. The van der Waals surface area contributed by atoms with Crippen molar-refractivity contribution in [2.24, 2.45) is 0 Å². The van der Waals surface area contributed by atoms with E-state index >= 15 is 0 Å². The summed E-state index contributed by atoms with van der Waals surface area (Å²) in [4.78, 5) is 27.8. The van der Waals surface area contributed by atoms with Crippen molar-refractivity contribution in [3.05, 3.63) is 83.9 Å². The van der Waals surface area contributed by atoms with Gasteiger partial charge in [-0.15, -0.1) is 0 Å². The Morgan fingerprint density at radius 1 is 0.949 bits per heavy atom. The van der Waals surface area contributed by atoms with Gasteiger partial charge in [0, 0.05) is 24.2 Å². The predicted octanol–water partition coefficient (Wildman–Crippen LogP) is 6.09. The summed E-state index contributed by atoms with van der Waals surface area (Å²) < 4.78 is 12.2. The summed E-state index contributed by atoms with van der Waals surface area (Å²) in [5.41, 5.74) is 2.64. The van der Waals surface area contributed by atoms with Gasteiger partial charge in [-0.05, 0) is 30.7 Å². The molecule has 0 atom stereocenters. The quantitative estimate of drug-likeness (QED) is 0.250. The summed E-state index contributed by atoms with van der Waals surface area (Å²) >= 11 is 6.46. The summed E-state index contributed by atoms with van der Waals surface area (Å²) in [7, 11) is 3.06. The second-order valence-corrected chi connectivity index (χ2v) is 9.02. The molecule has 4 aromatic rings. The largest absolute Gasteiger partial charge is 0.497 e. The predicted molar refractivity (Wildman–Crippen MR) is 153 cm³/mol. The lowest BCUT2D eigenvalue weighted by Gasteiger charge is -2.23. The number of nitrogens with one attached hydrogen (secondary N) is 2. The van der Waals surface area contributed by atoms with Gasteiger partial charge in [-0.1, -0.05) is 61.0 Å². The van der Waals surface area contributed by atoms with Gasteiger partial charge in [-0.3, -0.25) is 4.79 Å².